The summed E-state index contributed by atoms with van der Waals surface area (Å²) in [4.78, 5) is 18.1. The molecular formula is C26H24N2O3. The van der Waals surface area contributed by atoms with Crippen molar-refractivity contribution in [1.82, 2.24) is 4.98 Å². The van der Waals surface area contributed by atoms with E-state index in [0.29, 0.717) is 22.8 Å². The topological polar surface area (TPSA) is 60.5 Å². The van der Waals surface area contributed by atoms with Crippen LogP contribution in [0.5, 0.6) is 11.5 Å². The van der Waals surface area contributed by atoms with E-state index in [1.807, 2.05) is 74.5 Å². The molecular weight excluding hydrogens is 388 g/mol. The van der Waals surface area contributed by atoms with E-state index in [-0.39, 0.29) is 5.91 Å². The molecule has 0 atom stereocenters. The number of hydrogen-bond donors (Lipinski definition) is 1. The Hall–Kier alpha value is -3.86. The first-order chi connectivity index (χ1) is 15.0. The van der Waals surface area contributed by atoms with Crippen LogP contribution in [0.25, 0.3) is 22.2 Å². The normalized spacial score (nSPS) is 10.7. The number of anilines is 1. The second-order valence-corrected chi connectivity index (χ2v) is 7.41. The van der Waals surface area contributed by atoms with E-state index in [0.717, 1.165) is 33.3 Å². The quantitative estimate of drug-likeness (QED) is 0.451. The van der Waals surface area contributed by atoms with Crippen LogP contribution in [0, 0.1) is 13.8 Å². The number of aromatic nitrogens is 1. The second kappa shape index (κ2) is 8.48. The van der Waals surface area contributed by atoms with Crippen molar-refractivity contribution < 1.29 is 14.3 Å². The minimum atomic E-state index is -0.174. The number of benzene rings is 3. The van der Waals surface area contributed by atoms with Crippen LogP contribution in [-0.2, 0) is 0 Å². The fraction of sp³-hybridized carbons (Fsp3) is 0.154. The van der Waals surface area contributed by atoms with Gasteiger partial charge in [-0.05, 0) is 55.8 Å². The molecule has 0 radical (unpaired) electrons. The third kappa shape index (κ3) is 4.08. The SMILES string of the molecule is COc1ccc(-c2cc(C(=O)Nc3ccc(C)cc3C)c3ccccc3n2)cc1OC. The Bertz CT molecular complexity index is 1280. The van der Waals surface area contributed by atoms with Crippen molar-refractivity contribution in [3.8, 4) is 22.8 Å². The van der Waals surface area contributed by atoms with Crippen molar-refractivity contribution in [1.29, 1.82) is 0 Å². The van der Waals surface area contributed by atoms with Crippen LogP contribution in [-0.4, -0.2) is 25.1 Å². The zero-order valence-corrected chi connectivity index (χ0v) is 18.0. The van der Waals surface area contributed by atoms with Gasteiger partial charge in [0.2, 0.25) is 0 Å². The lowest BCUT2D eigenvalue weighted by Gasteiger charge is -2.13. The smallest absolute Gasteiger partial charge is 0.256 e. The van der Waals surface area contributed by atoms with Crippen LogP contribution in [0.15, 0.2) is 66.7 Å². The molecule has 5 heteroatoms. The Morgan fingerprint density at radius 1 is 0.871 bits per heavy atom. The predicted molar refractivity (Wildman–Crippen MR) is 124 cm³/mol. The van der Waals surface area contributed by atoms with Crippen molar-refractivity contribution in [3.63, 3.8) is 0 Å². The molecule has 0 saturated heterocycles. The number of fused-ring (bicyclic) bond motifs is 1. The van der Waals surface area contributed by atoms with Crippen LogP contribution in [0.4, 0.5) is 5.69 Å². The number of ether oxygens (including phenoxy) is 2. The van der Waals surface area contributed by atoms with Gasteiger partial charge in [-0.15, -0.1) is 0 Å². The number of para-hydroxylation sites is 1. The number of rotatable bonds is 5. The molecule has 3 aromatic carbocycles. The Morgan fingerprint density at radius 2 is 1.65 bits per heavy atom. The number of methoxy groups -OCH3 is 2. The Labute approximate surface area is 181 Å². The third-order valence-electron chi connectivity index (χ3n) is 5.27. The summed E-state index contributed by atoms with van der Waals surface area (Å²) in [5, 5.41) is 3.85. The summed E-state index contributed by atoms with van der Waals surface area (Å²) in [6, 6.07) is 21.0. The zero-order chi connectivity index (χ0) is 22.0. The first kappa shape index (κ1) is 20.4. The molecule has 1 amide bonds. The molecule has 0 saturated carbocycles. The lowest BCUT2D eigenvalue weighted by Crippen LogP contribution is -2.14. The van der Waals surface area contributed by atoms with Crippen LogP contribution < -0.4 is 14.8 Å². The maximum absolute atomic E-state index is 13.3. The van der Waals surface area contributed by atoms with Crippen molar-refractivity contribution in [3.05, 3.63) is 83.4 Å². The van der Waals surface area contributed by atoms with Gasteiger partial charge in [-0.3, -0.25) is 4.79 Å². The summed E-state index contributed by atoms with van der Waals surface area (Å²) in [7, 11) is 3.19. The number of amides is 1. The van der Waals surface area contributed by atoms with Crippen molar-refractivity contribution in [2.24, 2.45) is 0 Å². The molecule has 0 bridgehead atoms. The average molecular weight is 412 g/mol. The van der Waals surface area contributed by atoms with Gasteiger partial charge in [0.05, 0.1) is 31.0 Å². The molecule has 4 rings (SSSR count). The van der Waals surface area contributed by atoms with E-state index < -0.39 is 0 Å². The predicted octanol–water partition coefficient (Wildman–Crippen LogP) is 5.79. The van der Waals surface area contributed by atoms with E-state index in [2.05, 4.69) is 11.4 Å². The molecule has 4 aromatic rings. The highest BCUT2D eigenvalue weighted by atomic mass is 16.5. The fourth-order valence-corrected chi connectivity index (χ4v) is 3.65. The van der Waals surface area contributed by atoms with Gasteiger partial charge >= 0.3 is 0 Å². The molecule has 0 aliphatic carbocycles. The largest absolute Gasteiger partial charge is 0.493 e. The number of hydrogen-bond acceptors (Lipinski definition) is 4. The zero-order valence-electron chi connectivity index (χ0n) is 18.0. The number of nitrogens with zero attached hydrogens (tertiary/aromatic N) is 1. The molecule has 0 fully saturated rings. The molecule has 0 spiro atoms. The monoisotopic (exact) mass is 412 g/mol. The van der Waals surface area contributed by atoms with Crippen LogP contribution in [0.1, 0.15) is 21.5 Å². The molecule has 1 heterocycles. The Kier molecular flexibility index (Phi) is 5.58. The number of nitrogens with one attached hydrogen (secondary N) is 1. The fourth-order valence-electron chi connectivity index (χ4n) is 3.65. The lowest BCUT2D eigenvalue weighted by molar-refractivity contribution is 0.102. The minimum absolute atomic E-state index is 0.174. The van der Waals surface area contributed by atoms with Gasteiger partial charge in [-0.2, -0.15) is 0 Å². The number of pyridine rings is 1. The second-order valence-electron chi connectivity index (χ2n) is 7.41. The van der Waals surface area contributed by atoms with Gasteiger partial charge in [0.1, 0.15) is 0 Å². The lowest BCUT2D eigenvalue weighted by atomic mass is 10.0. The van der Waals surface area contributed by atoms with E-state index >= 15 is 0 Å². The molecule has 0 aliphatic rings. The first-order valence-electron chi connectivity index (χ1n) is 10.0. The van der Waals surface area contributed by atoms with Gasteiger partial charge in [-0.1, -0.05) is 35.9 Å². The number of aryl methyl sites for hydroxylation is 2. The van der Waals surface area contributed by atoms with Gasteiger partial charge in [0.25, 0.3) is 5.91 Å². The third-order valence-corrected chi connectivity index (χ3v) is 5.27. The van der Waals surface area contributed by atoms with Gasteiger partial charge in [0.15, 0.2) is 11.5 Å². The summed E-state index contributed by atoms with van der Waals surface area (Å²) in [5.41, 5.74) is 5.81. The average Bonchev–Trinajstić information content (AvgIpc) is 2.79. The highest BCUT2D eigenvalue weighted by molar-refractivity contribution is 6.13. The van der Waals surface area contributed by atoms with Gasteiger partial charge in [-0.25, -0.2) is 4.98 Å². The van der Waals surface area contributed by atoms with E-state index in [1.165, 1.54) is 0 Å². The van der Waals surface area contributed by atoms with Crippen LogP contribution in [0.3, 0.4) is 0 Å². The molecule has 5 nitrogen and oxygen atoms in total. The first-order valence-corrected chi connectivity index (χ1v) is 10.0. The highest BCUT2D eigenvalue weighted by Crippen LogP contribution is 2.33. The molecule has 1 aromatic heterocycles. The minimum Gasteiger partial charge on any atom is -0.493 e. The Balaban J connectivity index is 1.81. The van der Waals surface area contributed by atoms with E-state index in [4.69, 9.17) is 14.5 Å². The van der Waals surface area contributed by atoms with Gasteiger partial charge < -0.3 is 14.8 Å². The van der Waals surface area contributed by atoms with Crippen molar-refractivity contribution >= 4 is 22.5 Å². The standard InChI is InChI=1S/C26H24N2O3/c1-16-9-11-21(17(2)13-16)28-26(29)20-15-23(27-22-8-6-5-7-19(20)22)18-10-12-24(30-3)25(14-18)31-4/h5-15H,1-4H3,(H,28,29). The van der Waals surface area contributed by atoms with E-state index in [1.54, 1.807) is 14.2 Å². The maximum Gasteiger partial charge on any atom is 0.256 e. The summed E-state index contributed by atoms with van der Waals surface area (Å²) < 4.78 is 10.8. The van der Waals surface area contributed by atoms with E-state index in [9.17, 15) is 4.79 Å². The summed E-state index contributed by atoms with van der Waals surface area (Å²) in [6.45, 7) is 4.02. The molecule has 0 unspecified atom stereocenters. The summed E-state index contributed by atoms with van der Waals surface area (Å²) >= 11 is 0. The number of carbonyl (C=O) groups is 1. The molecule has 0 aliphatic heterocycles. The van der Waals surface area contributed by atoms with Crippen LogP contribution in [0.2, 0.25) is 0 Å². The molecule has 1 N–H and O–H groups in total. The highest BCUT2D eigenvalue weighted by Gasteiger charge is 2.16. The van der Waals surface area contributed by atoms with Crippen LogP contribution >= 0.6 is 0 Å². The summed E-state index contributed by atoms with van der Waals surface area (Å²) in [6.07, 6.45) is 0. The van der Waals surface area contributed by atoms with Crippen molar-refractivity contribution in [2.45, 2.75) is 13.8 Å². The Morgan fingerprint density at radius 3 is 2.39 bits per heavy atom. The number of carbonyl (C=O) groups excluding carboxylic acids is 1. The van der Waals surface area contributed by atoms with Gasteiger partial charge in [0, 0.05) is 16.6 Å². The molecule has 156 valence electrons. The molecule has 31 heavy (non-hydrogen) atoms. The van der Waals surface area contributed by atoms with Crippen molar-refractivity contribution in [2.75, 3.05) is 19.5 Å². The summed E-state index contributed by atoms with van der Waals surface area (Å²) in [5.74, 6) is 1.07. The maximum atomic E-state index is 13.3.